The lowest BCUT2D eigenvalue weighted by Gasteiger charge is -2.32. The highest BCUT2D eigenvalue weighted by molar-refractivity contribution is 5.81. The Bertz CT molecular complexity index is 285. The van der Waals surface area contributed by atoms with Crippen LogP contribution in [0.5, 0.6) is 0 Å². The number of nitrogens with zero attached hydrogens (tertiary/aromatic N) is 1. The lowest BCUT2D eigenvalue weighted by atomic mass is 9.97. The van der Waals surface area contributed by atoms with Gasteiger partial charge in [-0.15, -0.1) is 0 Å². The minimum absolute atomic E-state index is 0.153. The lowest BCUT2D eigenvalue weighted by Crippen LogP contribution is -2.50. The number of nitrogens with one attached hydrogen (secondary N) is 1. The van der Waals surface area contributed by atoms with Crippen LogP contribution in [0.3, 0.4) is 0 Å². The minimum Gasteiger partial charge on any atom is -0.468 e. The van der Waals surface area contributed by atoms with Gasteiger partial charge in [0.2, 0.25) is 0 Å². The van der Waals surface area contributed by atoms with Gasteiger partial charge in [0.05, 0.1) is 13.7 Å². The first kappa shape index (κ1) is 15.4. The maximum absolute atomic E-state index is 11.9. The predicted octanol–water partition coefficient (Wildman–Crippen LogP) is 0.637. The Hall–Kier alpha value is -0.650. The number of esters is 1. The number of ether oxygens (including phenoxy) is 2. The summed E-state index contributed by atoms with van der Waals surface area (Å²) in [5, 5.41) is 3.15. The van der Waals surface area contributed by atoms with E-state index in [1.807, 2.05) is 7.05 Å². The van der Waals surface area contributed by atoms with E-state index in [9.17, 15) is 4.79 Å². The summed E-state index contributed by atoms with van der Waals surface area (Å²) < 4.78 is 10.1. The first-order chi connectivity index (χ1) is 8.50. The first-order valence-corrected chi connectivity index (χ1v) is 6.49. The summed E-state index contributed by atoms with van der Waals surface area (Å²) in [7, 11) is 7.09. The number of carbonyl (C=O) groups excluding carboxylic acids is 1. The smallest absolute Gasteiger partial charge is 0.326 e. The van der Waals surface area contributed by atoms with Gasteiger partial charge >= 0.3 is 5.97 Å². The van der Waals surface area contributed by atoms with Crippen LogP contribution in [0.15, 0.2) is 0 Å². The summed E-state index contributed by atoms with van der Waals surface area (Å²) in [4.78, 5) is 14.2. The number of rotatable bonds is 6. The maximum Gasteiger partial charge on any atom is 0.326 e. The van der Waals surface area contributed by atoms with Gasteiger partial charge in [-0.2, -0.15) is 0 Å². The van der Waals surface area contributed by atoms with Crippen LogP contribution < -0.4 is 5.32 Å². The Kier molecular flexibility index (Phi) is 5.56. The molecule has 1 fully saturated rings. The third-order valence-corrected chi connectivity index (χ3v) is 4.22. The fourth-order valence-corrected chi connectivity index (χ4v) is 2.80. The summed E-state index contributed by atoms with van der Waals surface area (Å²) >= 11 is 0. The Morgan fingerprint density at radius 2 is 2.22 bits per heavy atom. The van der Waals surface area contributed by atoms with Crippen molar-refractivity contribution in [2.45, 2.75) is 43.8 Å². The van der Waals surface area contributed by atoms with Crippen LogP contribution in [0.1, 0.15) is 26.2 Å². The van der Waals surface area contributed by atoms with E-state index in [1.54, 1.807) is 7.11 Å². The SMILES string of the molecule is CNC1(C(=O)OC)CCC(N(C)C(C)COC)C1. The molecule has 1 saturated carbocycles. The third-order valence-electron chi connectivity index (χ3n) is 4.22. The van der Waals surface area contributed by atoms with E-state index in [1.165, 1.54) is 7.11 Å². The van der Waals surface area contributed by atoms with Crippen molar-refractivity contribution in [1.29, 1.82) is 0 Å². The van der Waals surface area contributed by atoms with Crippen molar-refractivity contribution in [1.82, 2.24) is 10.2 Å². The van der Waals surface area contributed by atoms with Gasteiger partial charge in [0, 0.05) is 19.2 Å². The van der Waals surface area contributed by atoms with Crippen molar-refractivity contribution in [2.75, 3.05) is 34.9 Å². The predicted molar refractivity (Wildman–Crippen MR) is 70.5 cm³/mol. The molecule has 0 aromatic carbocycles. The van der Waals surface area contributed by atoms with E-state index >= 15 is 0 Å². The molecule has 0 saturated heterocycles. The van der Waals surface area contributed by atoms with Crippen LogP contribution in [0.2, 0.25) is 0 Å². The average Bonchev–Trinajstić information content (AvgIpc) is 2.82. The maximum atomic E-state index is 11.9. The van der Waals surface area contributed by atoms with Crippen molar-refractivity contribution in [3.05, 3.63) is 0 Å². The molecular weight excluding hydrogens is 232 g/mol. The monoisotopic (exact) mass is 258 g/mol. The molecule has 106 valence electrons. The second kappa shape index (κ2) is 6.50. The Labute approximate surface area is 110 Å². The number of methoxy groups -OCH3 is 2. The molecule has 3 atom stereocenters. The topological polar surface area (TPSA) is 50.8 Å². The average molecular weight is 258 g/mol. The minimum atomic E-state index is -0.513. The molecule has 0 aromatic rings. The zero-order valence-corrected chi connectivity index (χ0v) is 12.2. The van der Waals surface area contributed by atoms with Gasteiger partial charge in [0.25, 0.3) is 0 Å². The molecular formula is C13H26N2O3. The van der Waals surface area contributed by atoms with Crippen LogP contribution >= 0.6 is 0 Å². The molecule has 1 aliphatic carbocycles. The van der Waals surface area contributed by atoms with E-state index in [2.05, 4.69) is 24.2 Å². The number of hydrogen-bond donors (Lipinski definition) is 1. The molecule has 18 heavy (non-hydrogen) atoms. The highest BCUT2D eigenvalue weighted by atomic mass is 16.5. The molecule has 1 aliphatic rings. The van der Waals surface area contributed by atoms with Gasteiger partial charge in [0.15, 0.2) is 0 Å². The van der Waals surface area contributed by atoms with Crippen LogP contribution in [-0.4, -0.2) is 63.4 Å². The zero-order valence-electron chi connectivity index (χ0n) is 12.2. The van der Waals surface area contributed by atoms with Crippen molar-refractivity contribution in [2.24, 2.45) is 0 Å². The molecule has 1 N–H and O–H groups in total. The van der Waals surface area contributed by atoms with Crippen molar-refractivity contribution in [3.63, 3.8) is 0 Å². The van der Waals surface area contributed by atoms with Gasteiger partial charge in [-0.3, -0.25) is 9.69 Å². The van der Waals surface area contributed by atoms with Crippen molar-refractivity contribution >= 4 is 5.97 Å². The van der Waals surface area contributed by atoms with E-state index < -0.39 is 5.54 Å². The van der Waals surface area contributed by atoms with E-state index in [4.69, 9.17) is 9.47 Å². The second-order valence-corrected chi connectivity index (χ2v) is 5.19. The third kappa shape index (κ3) is 3.02. The van der Waals surface area contributed by atoms with E-state index in [-0.39, 0.29) is 5.97 Å². The van der Waals surface area contributed by atoms with Gasteiger partial charge < -0.3 is 14.8 Å². The van der Waals surface area contributed by atoms with Crippen LogP contribution in [0.25, 0.3) is 0 Å². The highest BCUT2D eigenvalue weighted by Gasteiger charge is 2.46. The Balaban J connectivity index is 2.66. The number of hydrogen-bond acceptors (Lipinski definition) is 5. The van der Waals surface area contributed by atoms with Crippen LogP contribution in [0.4, 0.5) is 0 Å². The summed E-state index contributed by atoms with van der Waals surface area (Å²) in [5.41, 5.74) is -0.513. The number of carbonyl (C=O) groups is 1. The Morgan fingerprint density at radius 3 is 2.72 bits per heavy atom. The van der Waals surface area contributed by atoms with Gasteiger partial charge in [0.1, 0.15) is 5.54 Å². The first-order valence-electron chi connectivity index (χ1n) is 6.49. The lowest BCUT2D eigenvalue weighted by molar-refractivity contribution is -0.148. The molecule has 0 radical (unpaired) electrons. The highest BCUT2D eigenvalue weighted by Crippen LogP contribution is 2.34. The number of likely N-dealkylation sites (N-methyl/N-ethyl adjacent to an activating group) is 2. The molecule has 0 heterocycles. The van der Waals surface area contributed by atoms with Crippen LogP contribution in [0, 0.1) is 0 Å². The van der Waals surface area contributed by atoms with Crippen molar-refractivity contribution < 1.29 is 14.3 Å². The molecule has 5 nitrogen and oxygen atoms in total. The Morgan fingerprint density at radius 1 is 1.56 bits per heavy atom. The summed E-state index contributed by atoms with van der Waals surface area (Å²) in [5.74, 6) is -0.153. The largest absolute Gasteiger partial charge is 0.468 e. The van der Waals surface area contributed by atoms with E-state index in [0.717, 1.165) is 19.3 Å². The quantitative estimate of drug-likeness (QED) is 0.708. The molecule has 0 spiro atoms. The molecule has 0 amide bonds. The summed E-state index contributed by atoms with van der Waals surface area (Å²) in [6, 6.07) is 0.743. The van der Waals surface area contributed by atoms with Crippen LogP contribution in [-0.2, 0) is 14.3 Å². The zero-order chi connectivity index (χ0) is 13.8. The van der Waals surface area contributed by atoms with Crippen molar-refractivity contribution in [3.8, 4) is 0 Å². The normalized spacial score (nSPS) is 29.6. The van der Waals surface area contributed by atoms with E-state index in [0.29, 0.717) is 18.7 Å². The summed E-state index contributed by atoms with van der Waals surface area (Å²) in [6.45, 7) is 2.85. The fraction of sp³-hybridized carbons (Fsp3) is 0.923. The fourth-order valence-electron chi connectivity index (χ4n) is 2.80. The van der Waals surface area contributed by atoms with Gasteiger partial charge in [-0.05, 0) is 40.3 Å². The molecule has 0 bridgehead atoms. The summed E-state index contributed by atoms with van der Waals surface area (Å²) in [6.07, 6.45) is 2.62. The molecule has 0 aliphatic heterocycles. The molecule has 0 aromatic heterocycles. The molecule has 5 heteroatoms. The standard InChI is InChI=1S/C13H26N2O3/c1-10(9-17-4)15(3)11-6-7-13(8-11,14-2)12(16)18-5/h10-11,14H,6-9H2,1-5H3. The molecule has 1 rings (SSSR count). The van der Waals surface area contributed by atoms with Gasteiger partial charge in [-0.1, -0.05) is 0 Å². The van der Waals surface area contributed by atoms with Gasteiger partial charge in [-0.25, -0.2) is 0 Å². The molecule has 3 unspecified atom stereocenters. The second-order valence-electron chi connectivity index (χ2n) is 5.19.